The smallest absolute Gasteiger partial charge is 0.307 e. The van der Waals surface area contributed by atoms with Crippen molar-refractivity contribution in [2.24, 2.45) is 5.92 Å². The summed E-state index contributed by atoms with van der Waals surface area (Å²) in [5, 5.41) is 3.11. The molecule has 4 heteroatoms. The lowest BCUT2D eigenvalue weighted by Crippen LogP contribution is -2.48. The van der Waals surface area contributed by atoms with Gasteiger partial charge in [0.05, 0.1) is 19.1 Å². The summed E-state index contributed by atoms with van der Waals surface area (Å²) < 4.78 is 4.75. The summed E-state index contributed by atoms with van der Waals surface area (Å²) in [5.74, 6) is 0.210. The highest BCUT2D eigenvalue weighted by Crippen LogP contribution is 2.33. The van der Waals surface area contributed by atoms with Crippen molar-refractivity contribution >= 4 is 11.9 Å². The lowest BCUT2D eigenvalue weighted by atomic mass is 9.92. The number of allylic oxidation sites excluding steroid dienone is 2. The van der Waals surface area contributed by atoms with Gasteiger partial charge in [-0.05, 0) is 31.6 Å². The third-order valence-corrected chi connectivity index (χ3v) is 4.24. The van der Waals surface area contributed by atoms with Gasteiger partial charge in [0.25, 0.3) is 0 Å². The second-order valence-electron chi connectivity index (χ2n) is 5.76. The third kappa shape index (κ3) is 3.82. The van der Waals surface area contributed by atoms with Crippen LogP contribution < -0.4 is 5.32 Å². The number of carbonyl (C=O) groups is 2. The zero-order valence-corrected chi connectivity index (χ0v) is 11.6. The zero-order chi connectivity index (χ0) is 13.7. The third-order valence-electron chi connectivity index (χ3n) is 4.24. The first-order chi connectivity index (χ1) is 9.13. The molecule has 1 fully saturated rings. The molecule has 106 valence electrons. The van der Waals surface area contributed by atoms with Gasteiger partial charge in [0.2, 0.25) is 5.91 Å². The highest BCUT2D eigenvalue weighted by molar-refractivity contribution is 5.79. The van der Waals surface area contributed by atoms with Gasteiger partial charge in [0.15, 0.2) is 0 Å². The molecule has 0 spiro atoms. The predicted octanol–water partition coefficient (Wildman–Crippen LogP) is 2.33. The van der Waals surface area contributed by atoms with Gasteiger partial charge >= 0.3 is 5.97 Å². The molecular formula is C15H23NO3. The van der Waals surface area contributed by atoms with E-state index in [9.17, 15) is 9.59 Å². The molecule has 1 N–H and O–H groups in total. The molecule has 1 amide bonds. The van der Waals surface area contributed by atoms with Crippen molar-refractivity contribution in [1.29, 1.82) is 0 Å². The molecule has 0 radical (unpaired) electrons. The van der Waals surface area contributed by atoms with Gasteiger partial charge in [-0.15, -0.1) is 0 Å². The SMILES string of the molecule is COC(=O)CC1(NC(=O)CC2C=CCC2)CCCC1. The van der Waals surface area contributed by atoms with E-state index in [0.717, 1.165) is 38.5 Å². The van der Waals surface area contributed by atoms with Crippen LogP contribution in [0.4, 0.5) is 0 Å². The van der Waals surface area contributed by atoms with Gasteiger partial charge in [-0.3, -0.25) is 9.59 Å². The molecule has 0 aromatic carbocycles. The molecule has 1 atom stereocenters. The van der Waals surface area contributed by atoms with Crippen LogP contribution in [0.3, 0.4) is 0 Å². The van der Waals surface area contributed by atoms with Crippen LogP contribution in [0, 0.1) is 5.92 Å². The quantitative estimate of drug-likeness (QED) is 0.613. The minimum atomic E-state index is -0.355. The Morgan fingerprint density at radius 1 is 1.37 bits per heavy atom. The fraction of sp³-hybridized carbons (Fsp3) is 0.733. The maximum atomic E-state index is 12.1. The molecule has 4 nitrogen and oxygen atoms in total. The van der Waals surface area contributed by atoms with Crippen molar-refractivity contribution in [2.75, 3.05) is 7.11 Å². The summed E-state index contributed by atoms with van der Waals surface area (Å²) in [7, 11) is 1.40. The number of esters is 1. The van der Waals surface area contributed by atoms with Crippen molar-refractivity contribution in [1.82, 2.24) is 5.32 Å². The van der Waals surface area contributed by atoms with Gasteiger partial charge in [-0.2, -0.15) is 0 Å². The van der Waals surface area contributed by atoms with Crippen molar-refractivity contribution < 1.29 is 14.3 Å². The largest absolute Gasteiger partial charge is 0.469 e. The first-order valence-electron chi connectivity index (χ1n) is 7.18. The molecule has 1 unspecified atom stereocenters. The van der Waals surface area contributed by atoms with E-state index in [1.54, 1.807) is 0 Å². The number of nitrogens with one attached hydrogen (secondary N) is 1. The normalized spacial score (nSPS) is 24.4. The average Bonchev–Trinajstić information content (AvgIpc) is 3.01. The number of hydrogen-bond donors (Lipinski definition) is 1. The van der Waals surface area contributed by atoms with Crippen LogP contribution >= 0.6 is 0 Å². The lowest BCUT2D eigenvalue weighted by molar-refractivity contribution is -0.142. The minimum absolute atomic E-state index is 0.0716. The van der Waals surface area contributed by atoms with E-state index < -0.39 is 0 Å². The predicted molar refractivity (Wildman–Crippen MR) is 72.5 cm³/mol. The van der Waals surface area contributed by atoms with Crippen LogP contribution in [0.5, 0.6) is 0 Å². The molecule has 2 aliphatic rings. The van der Waals surface area contributed by atoms with Crippen LogP contribution in [-0.2, 0) is 14.3 Å². The highest BCUT2D eigenvalue weighted by atomic mass is 16.5. The maximum Gasteiger partial charge on any atom is 0.307 e. The minimum Gasteiger partial charge on any atom is -0.469 e. The summed E-state index contributed by atoms with van der Waals surface area (Å²) in [5.41, 5.74) is -0.355. The number of ether oxygens (including phenoxy) is 1. The fourth-order valence-electron chi connectivity index (χ4n) is 3.20. The molecule has 0 aromatic heterocycles. The monoisotopic (exact) mass is 265 g/mol. The van der Waals surface area contributed by atoms with Crippen molar-refractivity contribution in [3.05, 3.63) is 12.2 Å². The van der Waals surface area contributed by atoms with Gasteiger partial charge in [-0.25, -0.2) is 0 Å². The fourth-order valence-corrected chi connectivity index (χ4v) is 3.20. The topological polar surface area (TPSA) is 55.4 Å². The summed E-state index contributed by atoms with van der Waals surface area (Å²) in [6.07, 6.45) is 11.2. The molecule has 0 aliphatic heterocycles. The number of methoxy groups -OCH3 is 1. The Kier molecular flexibility index (Phi) is 4.61. The first-order valence-corrected chi connectivity index (χ1v) is 7.18. The van der Waals surface area contributed by atoms with E-state index in [1.807, 2.05) is 0 Å². The van der Waals surface area contributed by atoms with Crippen LogP contribution in [0.1, 0.15) is 51.4 Å². The lowest BCUT2D eigenvalue weighted by Gasteiger charge is -2.29. The van der Waals surface area contributed by atoms with Gasteiger partial charge < -0.3 is 10.1 Å². The van der Waals surface area contributed by atoms with Crippen LogP contribution in [0.25, 0.3) is 0 Å². The summed E-state index contributed by atoms with van der Waals surface area (Å²) >= 11 is 0. The van der Waals surface area contributed by atoms with Crippen LogP contribution in [0.15, 0.2) is 12.2 Å². The van der Waals surface area contributed by atoms with Crippen LogP contribution in [0.2, 0.25) is 0 Å². The molecule has 0 bridgehead atoms. The van der Waals surface area contributed by atoms with E-state index in [2.05, 4.69) is 17.5 Å². The Morgan fingerprint density at radius 2 is 2.11 bits per heavy atom. The highest BCUT2D eigenvalue weighted by Gasteiger charge is 2.37. The van der Waals surface area contributed by atoms with Gasteiger partial charge in [-0.1, -0.05) is 25.0 Å². The Bertz CT molecular complexity index is 370. The average molecular weight is 265 g/mol. The van der Waals surface area contributed by atoms with E-state index in [0.29, 0.717) is 18.8 Å². The number of amides is 1. The standard InChI is InChI=1S/C15H23NO3/c1-19-14(18)11-15(8-4-5-9-15)16-13(17)10-12-6-2-3-7-12/h2,6,12H,3-5,7-11H2,1H3,(H,16,17). The number of hydrogen-bond acceptors (Lipinski definition) is 3. The van der Waals surface area contributed by atoms with Crippen LogP contribution in [-0.4, -0.2) is 24.5 Å². The summed E-state index contributed by atoms with van der Waals surface area (Å²) in [4.78, 5) is 23.6. The van der Waals surface area contributed by atoms with Gasteiger partial charge in [0.1, 0.15) is 0 Å². The Labute approximate surface area is 114 Å². The van der Waals surface area contributed by atoms with E-state index in [4.69, 9.17) is 4.74 Å². The Morgan fingerprint density at radius 3 is 2.68 bits per heavy atom. The second kappa shape index (κ2) is 6.22. The molecule has 0 heterocycles. The summed E-state index contributed by atoms with van der Waals surface area (Å²) in [6, 6.07) is 0. The van der Waals surface area contributed by atoms with E-state index in [-0.39, 0.29) is 17.4 Å². The molecule has 0 aromatic rings. The first kappa shape index (κ1) is 14.1. The zero-order valence-electron chi connectivity index (χ0n) is 11.6. The molecular weight excluding hydrogens is 242 g/mol. The molecule has 2 rings (SSSR count). The molecule has 19 heavy (non-hydrogen) atoms. The van der Waals surface area contributed by atoms with Gasteiger partial charge in [0, 0.05) is 6.42 Å². The maximum absolute atomic E-state index is 12.1. The molecule has 2 aliphatic carbocycles. The molecule has 1 saturated carbocycles. The van der Waals surface area contributed by atoms with E-state index >= 15 is 0 Å². The Balaban J connectivity index is 1.90. The van der Waals surface area contributed by atoms with Crippen molar-refractivity contribution in [3.8, 4) is 0 Å². The number of carbonyl (C=O) groups excluding carboxylic acids is 2. The second-order valence-corrected chi connectivity index (χ2v) is 5.76. The van der Waals surface area contributed by atoms with Crippen molar-refractivity contribution in [2.45, 2.75) is 56.9 Å². The van der Waals surface area contributed by atoms with Crippen molar-refractivity contribution in [3.63, 3.8) is 0 Å². The Hall–Kier alpha value is -1.32. The summed E-state index contributed by atoms with van der Waals surface area (Å²) in [6.45, 7) is 0. The van der Waals surface area contributed by atoms with E-state index in [1.165, 1.54) is 7.11 Å². The number of rotatable bonds is 5. The molecule has 0 saturated heterocycles.